The lowest BCUT2D eigenvalue weighted by Gasteiger charge is -2.21. The molecule has 0 saturated heterocycles. The lowest BCUT2D eigenvalue weighted by molar-refractivity contribution is 0.104. The van der Waals surface area contributed by atoms with Gasteiger partial charge in [-0.25, -0.2) is 0 Å². The highest BCUT2D eigenvalue weighted by Crippen LogP contribution is 2.37. The molecule has 1 aliphatic rings. The van der Waals surface area contributed by atoms with Crippen molar-refractivity contribution in [3.63, 3.8) is 0 Å². The second-order valence-electron chi connectivity index (χ2n) is 8.01. The van der Waals surface area contributed by atoms with Crippen LogP contribution in [0.25, 0.3) is 11.1 Å². The van der Waals surface area contributed by atoms with E-state index in [4.69, 9.17) is 0 Å². The molecule has 0 unspecified atom stereocenters. The highest BCUT2D eigenvalue weighted by Gasteiger charge is 2.22. The summed E-state index contributed by atoms with van der Waals surface area (Å²) in [4.78, 5) is 21.2. The minimum atomic E-state index is -0.0523. The SMILES string of the molecule is CCN(C)c1ccc(C(=C2C=CC(=O)c3ncccc32)c2ccc(N(C)CC)cc2)cc1. The Balaban J connectivity index is 1.91. The Morgan fingerprint density at radius 2 is 1.31 bits per heavy atom. The van der Waals surface area contributed by atoms with Crippen LogP contribution >= 0.6 is 0 Å². The fourth-order valence-corrected chi connectivity index (χ4v) is 3.97. The summed E-state index contributed by atoms with van der Waals surface area (Å²) < 4.78 is 0. The van der Waals surface area contributed by atoms with Gasteiger partial charge in [-0.2, -0.15) is 0 Å². The topological polar surface area (TPSA) is 36.4 Å². The number of carbonyl (C=O) groups is 1. The average Bonchev–Trinajstić information content (AvgIpc) is 2.85. The molecule has 4 heteroatoms. The van der Waals surface area contributed by atoms with Gasteiger partial charge < -0.3 is 9.80 Å². The first kappa shape index (κ1) is 21.6. The Labute approximate surface area is 190 Å². The molecule has 32 heavy (non-hydrogen) atoms. The molecule has 0 bridgehead atoms. The number of benzene rings is 2. The summed E-state index contributed by atoms with van der Waals surface area (Å²) in [5, 5.41) is 0. The van der Waals surface area contributed by atoms with Crippen LogP contribution in [0.3, 0.4) is 0 Å². The van der Waals surface area contributed by atoms with Crippen LogP contribution in [0, 0.1) is 0 Å². The van der Waals surface area contributed by atoms with Crippen LogP contribution in [0.4, 0.5) is 11.4 Å². The fourth-order valence-electron chi connectivity index (χ4n) is 3.97. The third kappa shape index (κ3) is 4.09. The Morgan fingerprint density at radius 1 is 0.781 bits per heavy atom. The summed E-state index contributed by atoms with van der Waals surface area (Å²) in [5.74, 6) is -0.0523. The molecule has 0 radical (unpaired) electrons. The van der Waals surface area contributed by atoms with E-state index in [1.165, 1.54) is 11.4 Å². The normalized spacial score (nSPS) is 12.5. The van der Waals surface area contributed by atoms with E-state index >= 15 is 0 Å². The number of nitrogens with zero attached hydrogens (tertiary/aromatic N) is 3. The smallest absolute Gasteiger partial charge is 0.204 e. The van der Waals surface area contributed by atoms with Crippen molar-refractivity contribution >= 4 is 28.3 Å². The zero-order valence-corrected chi connectivity index (χ0v) is 19.2. The Bertz CT molecular complexity index is 1120. The van der Waals surface area contributed by atoms with Crippen molar-refractivity contribution in [2.45, 2.75) is 13.8 Å². The lowest BCUT2D eigenvalue weighted by Crippen LogP contribution is -2.15. The molecule has 0 amide bonds. The second-order valence-corrected chi connectivity index (χ2v) is 8.01. The summed E-state index contributed by atoms with van der Waals surface area (Å²) in [5.41, 5.74) is 8.07. The molecule has 162 valence electrons. The highest BCUT2D eigenvalue weighted by atomic mass is 16.1. The molecule has 0 N–H and O–H groups in total. The second kappa shape index (κ2) is 9.23. The van der Waals surface area contributed by atoms with Crippen LogP contribution in [0.5, 0.6) is 0 Å². The zero-order valence-electron chi connectivity index (χ0n) is 19.2. The van der Waals surface area contributed by atoms with Crippen molar-refractivity contribution in [1.29, 1.82) is 0 Å². The third-order valence-corrected chi connectivity index (χ3v) is 6.14. The zero-order chi connectivity index (χ0) is 22.7. The maximum Gasteiger partial charge on any atom is 0.204 e. The van der Waals surface area contributed by atoms with E-state index in [0.717, 1.165) is 40.9 Å². The molecule has 4 nitrogen and oxygen atoms in total. The number of pyridine rings is 1. The molecular weight excluding hydrogens is 394 g/mol. The van der Waals surface area contributed by atoms with E-state index in [-0.39, 0.29) is 5.78 Å². The molecule has 0 saturated carbocycles. The van der Waals surface area contributed by atoms with Crippen LogP contribution in [-0.2, 0) is 0 Å². The van der Waals surface area contributed by atoms with Crippen molar-refractivity contribution < 1.29 is 4.79 Å². The molecule has 1 heterocycles. The fraction of sp³-hybridized carbons (Fsp3) is 0.214. The van der Waals surface area contributed by atoms with E-state index in [9.17, 15) is 4.79 Å². The molecule has 0 fully saturated rings. The minimum Gasteiger partial charge on any atom is -0.375 e. The summed E-state index contributed by atoms with van der Waals surface area (Å²) in [6, 6.07) is 21.1. The molecule has 1 aliphatic carbocycles. The van der Waals surface area contributed by atoms with Gasteiger partial charge in [-0.3, -0.25) is 9.78 Å². The summed E-state index contributed by atoms with van der Waals surface area (Å²) >= 11 is 0. The van der Waals surface area contributed by atoms with Gasteiger partial charge in [-0.1, -0.05) is 30.3 Å². The number of hydrogen-bond donors (Lipinski definition) is 0. The van der Waals surface area contributed by atoms with Gasteiger partial charge in [-0.15, -0.1) is 0 Å². The first-order valence-electron chi connectivity index (χ1n) is 11.1. The Hall–Kier alpha value is -3.66. The average molecular weight is 424 g/mol. The molecule has 1 aromatic heterocycles. The number of carbonyl (C=O) groups excluding carboxylic acids is 1. The Morgan fingerprint density at radius 3 is 1.81 bits per heavy atom. The van der Waals surface area contributed by atoms with Gasteiger partial charge in [-0.05, 0) is 78.6 Å². The third-order valence-electron chi connectivity index (χ3n) is 6.14. The lowest BCUT2D eigenvalue weighted by atomic mass is 9.85. The van der Waals surface area contributed by atoms with Gasteiger partial charge in [0.1, 0.15) is 5.69 Å². The number of hydrogen-bond acceptors (Lipinski definition) is 4. The summed E-state index contributed by atoms with van der Waals surface area (Å²) in [7, 11) is 4.18. The Kier molecular flexibility index (Phi) is 6.22. The number of rotatable bonds is 6. The molecule has 2 aromatic carbocycles. The maximum absolute atomic E-state index is 12.4. The van der Waals surface area contributed by atoms with Gasteiger partial charge in [0, 0.05) is 50.3 Å². The summed E-state index contributed by atoms with van der Waals surface area (Å²) in [6.45, 7) is 6.18. The van der Waals surface area contributed by atoms with Crippen LogP contribution < -0.4 is 9.80 Å². The first-order chi connectivity index (χ1) is 15.5. The number of allylic oxidation sites excluding steroid dienone is 3. The molecule has 0 aliphatic heterocycles. The van der Waals surface area contributed by atoms with E-state index in [1.807, 2.05) is 18.2 Å². The van der Waals surface area contributed by atoms with Crippen molar-refractivity contribution in [1.82, 2.24) is 4.98 Å². The van der Waals surface area contributed by atoms with E-state index < -0.39 is 0 Å². The van der Waals surface area contributed by atoms with Crippen LogP contribution in [-0.4, -0.2) is 38.0 Å². The molecule has 4 rings (SSSR count). The maximum atomic E-state index is 12.4. The van der Waals surface area contributed by atoms with Gasteiger partial charge >= 0.3 is 0 Å². The monoisotopic (exact) mass is 423 g/mol. The van der Waals surface area contributed by atoms with Gasteiger partial charge in [0.05, 0.1) is 0 Å². The molecule has 0 atom stereocenters. The number of ketones is 1. The summed E-state index contributed by atoms with van der Waals surface area (Å²) in [6.07, 6.45) is 5.24. The van der Waals surface area contributed by atoms with E-state index in [2.05, 4.69) is 91.3 Å². The number of aromatic nitrogens is 1. The number of anilines is 2. The standard InChI is InChI=1S/C28H29N3O/c1-5-30(3)22-13-9-20(10-14-22)27(21-11-15-23(16-12-21)31(4)6-2)24-17-18-26(32)28-25(24)8-7-19-29-28/h7-19H,5-6H2,1-4H3. The minimum absolute atomic E-state index is 0.0523. The first-order valence-corrected chi connectivity index (χ1v) is 11.1. The van der Waals surface area contributed by atoms with Gasteiger partial charge in [0.25, 0.3) is 0 Å². The quantitative estimate of drug-likeness (QED) is 0.509. The molecular formula is C28H29N3O. The molecule has 0 spiro atoms. The largest absolute Gasteiger partial charge is 0.375 e. The molecule has 3 aromatic rings. The van der Waals surface area contributed by atoms with Crippen molar-refractivity contribution in [3.05, 3.63) is 101 Å². The predicted octanol–water partition coefficient (Wildman–Crippen LogP) is 5.71. The van der Waals surface area contributed by atoms with E-state index in [0.29, 0.717) is 5.69 Å². The predicted molar refractivity (Wildman–Crippen MR) is 134 cm³/mol. The van der Waals surface area contributed by atoms with Gasteiger partial charge in [0.15, 0.2) is 0 Å². The highest BCUT2D eigenvalue weighted by molar-refractivity contribution is 6.15. The van der Waals surface area contributed by atoms with E-state index in [1.54, 1.807) is 12.3 Å². The van der Waals surface area contributed by atoms with Crippen LogP contribution in [0.2, 0.25) is 0 Å². The number of fused-ring (bicyclic) bond motifs is 1. The van der Waals surface area contributed by atoms with Crippen molar-refractivity contribution in [2.24, 2.45) is 0 Å². The van der Waals surface area contributed by atoms with Crippen LogP contribution in [0.15, 0.2) is 79.0 Å². The van der Waals surface area contributed by atoms with Crippen molar-refractivity contribution in [3.8, 4) is 0 Å². The van der Waals surface area contributed by atoms with Gasteiger partial charge in [0.2, 0.25) is 5.78 Å². The van der Waals surface area contributed by atoms with Crippen molar-refractivity contribution in [2.75, 3.05) is 37.0 Å². The van der Waals surface area contributed by atoms with Crippen LogP contribution in [0.1, 0.15) is 41.0 Å².